The van der Waals surface area contributed by atoms with Crippen molar-refractivity contribution in [3.05, 3.63) is 0 Å². The molecule has 1 aliphatic heterocycles. The van der Waals surface area contributed by atoms with E-state index in [2.05, 4.69) is 13.8 Å². The Labute approximate surface area is 98.5 Å². The molecular formula is C13H23ClO. The molecule has 1 saturated carbocycles. The monoisotopic (exact) mass is 230 g/mol. The maximum atomic E-state index is 6.28. The van der Waals surface area contributed by atoms with Gasteiger partial charge in [0.15, 0.2) is 0 Å². The van der Waals surface area contributed by atoms with Crippen LogP contribution in [-0.4, -0.2) is 17.6 Å². The fraction of sp³-hybridized carbons (Fsp3) is 1.00. The van der Waals surface area contributed by atoms with Crippen LogP contribution in [0, 0.1) is 5.41 Å². The second-order valence-electron chi connectivity index (χ2n) is 6.14. The molecule has 0 N–H and O–H groups in total. The predicted octanol–water partition coefficient (Wildman–Crippen LogP) is 4.13. The summed E-state index contributed by atoms with van der Waals surface area (Å²) in [7, 11) is 0. The lowest BCUT2D eigenvalue weighted by molar-refractivity contribution is -0.0869. The number of hydrogen-bond donors (Lipinski definition) is 0. The van der Waals surface area contributed by atoms with E-state index in [0.717, 1.165) is 19.4 Å². The smallest absolute Gasteiger partial charge is 0.0696 e. The summed E-state index contributed by atoms with van der Waals surface area (Å²) in [5, 5.41) is 0.347. The Kier molecular flexibility index (Phi) is 3.33. The molecule has 1 spiro atoms. The van der Waals surface area contributed by atoms with Crippen molar-refractivity contribution in [2.24, 2.45) is 5.41 Å². The van der Waals surface area contributed by atoms with Crippen LogP contribution in [0.3, 0.4) is 0 Å². The van der Waals surface area contributed by atoms with Gasteiger partial charge < -0.3 is 4.74 Å². The molecule has 2 atom stereocenters. The molecule has 2 aliphatic rings. The van der Waals surface area contributed by atoms with Crippen molar-refractivity contribution in [1.29, 1.82) is 0 Å². The van der Waals surface area contributed by atoms with Gasteiger partial charge in [-0.2, -0.15) is 0 Å². The van der Waals surface area contributed by atoms with Crippen molar-refractivity contribution < 1.29 is 4.74 Å². The second-order valence-corrected chi connectivity index (χ2v) is 6.76. The van der Waals surface area contributed by atoms with E-state index in [4.69, 9.17) is 16.3 Å². The average Bonchev–Trinajstić information content (AvgIpc) is 2.27. The lowest BCUT2D eigenvalue weighted by atomic mass is 9.82. The van der Waals surface area contributed by atoms with Crippen LogP contribution in [0.5, 0.6) is 0 Å². The van der Waals surface area contributed by atoms with Gasteiger partial charge in [0, 0.05) is 12.0 Å². The van der Waals surface area contributed by atoms with Crippen molar-refractivity contribution in [3.8, 4) is 0 Å². The van der Waals surface area contributed by atoms with Gasteiger partial charge in [0.25, 0.3) is 0 Å². The van der Waals surface area contributed by atoms with Gasteiger partial charge in [-0.3, -0.25) is 0 Å². The summed E-state index contributed by atoms with van der Waals surface area (Å²) in [6.45, 7) is 5.63. The van der Waals surface area contributed by atoms with Gasteiger partial charge >= 0.3 is 0 Å². The highest BCUT2D eigenvalue weighted by molar-refractivity contribution is 6.20. The molecule has 1 aliphatic carbocycles. The van der Waals surface area contributed by atoms with E-state index in [-0.39, 0.29) is 5.60 Å². The second kappa shape index (κ2) is 4.25. The minimum Gasteiger partial charge on any atom is -0.375 e. The molecule has 2 unspecified atom stereocenters. The van der Waals surface area contributed by atoms with Gasteiger partial charge in [-0.1, -0.05) is 20.3 Å². The third-order valence-electron chi connectivity index (χ3n) is 4.18. The average molecular weight is 231 g/mol. The summed E-state index contributed by atoms with van der Waals surface area (Å²) in [5.74, 6) is 0. The van der Waals surface area contributed by atoms with E-state index >= 15 is 0 Å². The summed E-state index contributed by atoms with van der Waals surface area (Å²) >= 11 is 6.28. The summed E-state index contributed by atoms with van der Waals surface area (Å²) in [6.07, 6.45) is 8.47. The standard InChI is InChI=1S/C13H23ClO/c1-12(2)5-3-6-13(8-7-12)10-11(14)4-9-15-13/h11H,3-10H2,1-2H3. The van der Waals surface area contributed by atoms with Gasteiger partial charge in [-0.25, -0.2) is 0 Å². The molecule has 1 saturated heterocycles. The third-order valence-corrected chi connectivity index (χ3v) is 4.55. The zero-order chi connectivity index (χ0) is 10.9. The highest BCUT2D eigenvalue weighted by Crippen LogP contribution is 2.44. The SMILES string of the molecule is CC1(C)CCCC2(CC1)CC(Cl)CCO2. The minimum atomic E-state index is 0.137. The van der Waals surface area contributed by atoms with E-state index in [1.54, 1.807) is 0 Å². The van der Waals surface area contributed by atoms with Gasteiger partial charge in [0.05, 0.1) is 5.60 Å². The molecule has 0 aromatic heterocycles. The number of rotatable bonds is 0. The van der Waals surface area contributed by atoms with Crippen LogP contribution in [0.15, 0.2) is 0 Å². The van der Waals surface area contributed by atoms with Crippen LogP contribution in [0.25, 0.3) is 0 Å². The molecule has 15 heavy (non-hydrogen) atoms. The van der Waals surface area contributed by atoms with Gasteiger partial charge in [-0.05, 0) is 43.9 Å². The highest BCUT2D eigenvalue weighted by Gasteiger charge is 2.39. The van der Waals surface area contributed by atoms with Gasteiger partial charge in [0.2, 0.25) is 0 Å². The highest BCUT2D eigenvalue weighted by atomic mass is 35.5. The Morgan fingerprint density at radius 1 is 1.13 bits per heavy atom. The zero-order valence-corrected chi connectivity index (χ0v) is 10.8. The Hall–Kier alpha value is 0.250. The molecule has 1 nitrogen and oxygen atoms in total. The van der Waals surface area contributed by atoms with E-state index in [1.807, 2.05) is 0 Å². The molecule has 2 fully saturated rings. The first kappa shape index (κ1) is 11.7. The quantitative estimate of drug-likeness (QED) is 0.569. The summed E-state index contributed by atoms with van der Waals surface area (Å²) in [6, 6.07) is 0. The lowest BCUT2D eigenvalue weighted by Crippen LogP contribution is -2.40. The van der Waals surface area contributed by atoms with Gasteiger partial charge in [0.1, 0.15) is 0 Å². The van der Waals surface area contributed by atoms with Crippen molar-refractivity contribution in [2.45, 2.75) is 69.8 Å². The fourth-order valence-corrected chi connectivity index (χ4v) is 3.39. The van der Waals surface area contributed by atoms with E-state index in [1.165, 1.54) is 32.1 Å². The van der Waals surface area contributed by atoms with Crippen molar-refractivity contribution in [3.63, 3.8) is 0 Å². The Morgan fingerprint density at radius 2 is 1.93 bits per heavy atom. The fourth-order valence-electron chi connectivity index (χ4n) is 3.02. The molecule has 2 heteroatoms. The van der Waals surface area contributed by atoms with E-state index in [9.17, 15) is 0 Å². The molecule has 0 aromatic carbocycles. The molecule has 0 bridgehead atoms. The van der Waals surface area contributed by atoms with Gasteiger partial charge in [-0.15, -0.1) is 11.6 Å². The number of halogens is 1. The van der Waals surface area contributed by atoms with Crippen molar-refractivity contribution in [2.75, 3.05) is 6.61 Å². The normalized spacial score (nSPS) is 41.4. The Balaban J connectivity index is 2.02. The predicted molar refractivity (Wildman–Crippen MR) is 64.4 cm³/mol. The number of hydrogen-bond acceptors (Lipinski definition) is 1. The molecule has 0 aromatic rings. The molecule has 0 amide bonds. The molecule has 1 heterocycles. The first-order valence-corrected chi connectivity index (χ1v) is 6.73. The van der Waals surface area contributed by atoms with E-state index in [0.29, 0.717) is 10.8 Å². The third kappa shape index (κ3) is 2.88. The largest absolute Gasteiger partial charge is 0.375 e. The van der Waals surface area contributed by atoms with Crippen molar-refractivity contribution >= 4 is 11.6 Å². The van der Waals surface area contributed by atoms with Crippen LogP contribution >= 0.6 is 11.6 Å². The van der Waals surface area contributed by atoms with Crippen LogP contribution in [0.2, 0.25) is 0 Å². The summed E-state index contributed by atoms with van der Waals surface area (Å²) < 4.78 is 6.07. The minimum absolute atomic E-state index is 0.137. The maximum absolute atomic E-state index is 6.28. The van der Waals surface area contributed by atoms with Crippen molar-refractivity contribution in [1.82, 2.24) is 0 Å². The lowest BCUT2D eigenvalue weighted by Gasteiger charge is -2.39. The van der Waals surface area contributed by atoms with Crippen LogP contribution in [0.1, 0.15) is 58.8 Å². The Bertz CT molecular complexity index is 227. The topological polar surface area (TPSA) is 9.23 Å². The number of alkyl halides is 1. The van der Waals surface area contributed by atoms with E-state index < -0.39 is 0 Å². The molecule has 0 radical (unpaired) electrons. The summed E-state index contributed by atoms with van der Waals surface area (Å²) in [4.78, 5) is 0. The van der Waals surface area contributed by atoms with Crippen LogP contribution < -0.4 is 0 Å². The number of ether oxygens (including phenoxy) is 1. The maximum Gasteiger partial charge on any atom is 0.0696 e. The molecule has 2 rings (SSSR count). The molecular weight excluding hydrogens is 208 g/mol. The van der Waals surface area contributed by atoms with Crippen LogP contribution in [-0.2, 0) is 4.74 Å². The van der Waals surface area contributed by atoms with Crippen LogP contribution in [0.4, 0.5) is 0 Å². The first-order valence-electron chi connectivity index (χ1n) is 6.30. The summed E-state index contributed by atoms with van der Waals surface area (Å²) in [5.41, 5.74) is 0.643. The first-order chi connectivity index (χ1) is 7.02. The molecule has 88 valence electrons. The zero-order valence-electron chi connectivity index (χ0n) is 10.0. The Morgan fingerprint density at radius 3 is 2.67 bits per heavy atom.